The Morgan fingerprint density at radius 3 is 2.19 bits per heavy atom. The molecule has 1 N–H and O–H groups in total. The van der Waals surface area contributed by atoms with Crippen LogP contribution in [0, 0.1) is 0 Å². The van der Waals surface area contributed by atoms with Crippen LogP contribution in [0.15, 0.2) is 83.2 Å². The fourth-order valence-electron chi connectivity index (χ4n) is 5.14. The van der Waals surface area contributed by atoms with E-state index in [0.717, 1.165) is 22.3 Å². The molecule has 0 bridgehead atoms. The van der Waals surface area contributed by atoms with E-state index in [-0.39, 0.29) is 0 Å². The van der Waals surface area contributed by atoms with E-state index in [1.54, 1.807) is 48.5 Å². The smallest absolute Gasteiger partial charge is 0.334 e. The molecular weight excluding hydrogens is 490 g/mol. The summed E-state index contributed by atoms with van der Waals surface area (Å²) in [5.41, 5.74) is 1.90. The van der Waals surface area contributed by atoms with Crippen LogP contribution >= 0.6 is 23.4 Å². The maximum absolute atomic E-state index is 13.7. The van der Waals surface area contributed by atoms with Crippen molar-refractivity contribution in [3.8, 4) is 0 Å². The molecule has 0 radical (unpaired) electrons. The molecule has 184 valence electrons. The van der Waals surface area contributed by atoms with Gasteiger partial charge in [-0.2, -0.15) is 0 Å². The summed E-state index contributed by atoms with van der Waals surface area (Å²) < 4.78 is 7.43. The lowest BCUT2D eigenvalue weighted by Crippen LogP contribution is -2.40. The summed E-state index contributed by atoms with van der Waals surface area (Å²) in [6, 6.07) is 24.4. The highest BCUT2D eigenvalue weighted by Crippen LogP contribution is 2.41. The van der Waals surface area contributed by atoms with Crippen LogP contribution < -0.4 is 0 Å². The molecule has 0 unspecified atom stereocenters. The molecule has 3 aromatic carbocycles. The van der Waals surface area contributed by atoms with Crippen molar-refractivity contribution >= 4 is 45.5 Å². The van der Waals surface area contributed by atoms with Crippen molar-refractivity contribution in [3.05, 3.63) is 95.6 Å². The topological polar surface area (TPSA) is 76.5 Å². The maximum atomic E-state index is 13.7. The minimum Gasteiger partial charge on any atom is -0.481 e. The normalized spacial score (nSPS) is 14.6. The van der Waals surface area contributed by atoms with Crippen LogP contribution in [-0.2, 0) is 19.2 Å². The van der Waals surface area contributed by atoms with Crippen LogP contribution in [0.2, 0.25) is 0 Å². The number of nitrogens with zero attached hydrogens (tertiary/aromatic N) is 1. The summed E-state index contributed by atoms with van der Waals surface area (Å²) in [5, 5.41) is 9.81. The van der Waals surface area contributed by atoms with E-state index in [2.05, 4.69) is 17.1 Å². The number of benzene rings is 3. The highest BCUT2D eigenvalue weighted by Gasteiger charge is 2.46. The number of carboxylic acids is 1. The average molecular weight is 518 g/mol. The number of thiazole rings is 1. The van der Waals surface area contributed by atoms with Crippen LogP contribution in [0.25, 0.3) is 10.2 Å². The van der Waals surface area contributed by atoms with Gasteiger partial charge >= 0.3 is 11.9 Å². The first-order valence-corrected chi connectivity index (χ1v) is 13.7. The van der Waals surface area contributed by atoms with Gasteiger partial charge in [-0.1, -0.05) is 86.0 Å². The van der Waals surface area contributed by atoms with Gasteiger partial charge in [-0.3, -0.25) is 4.79 Å². The van der Waals surface area contributed by atoms with Gasteiger partial charge in [0.05, 0.1) is 16.6 Å². The molecule has 1 aliphatic carbocycles. The number of rotatable bonds is 8. The number of aromatic nitrogens is 1. The van der Waals surface area contributed by atoms with E-state index in [9.17, 15) is 14.7 Å². The lowest BCUT2D eigenvalue weighted by molar-refractivity contribution is -0.146. The second kappa shape index (κ2) is 10.8. The first-order chi connectivity index (χ1) is 17.6. The van der Waals surface area contributed by atoms with E-state index in [1.165, 1.54) is 49.0 Å². The summed E-state index contributed by atoms with van der Waals surface area (Å²) in [4.78, 5) is 30.4. The number of hydrogen-bond acceptors (Lipinski definition) is 6. The second-order valence-electron chi connectivity index (χ2n) is 9.20. The SMILES string of the molecule is O=C(O)CC(C(=O)OSc1nc2ccc(C3CCCCC3)cc2s1)(c1ccccc1)c1ccccc1. The highest BCUT2D eigenvalue weighted by atomic mass is 32.2. The molecule has 1 aliphatic rings. The minimum absolute atomic E-state index is 0.426. The van der Waals surface area contributed by atoms with Crippen molar-refractivity contribution in [1.29, 1.82) is 0 Å². The molecule has 0 spiro atoms. The number of carbonyl (C=O) groups is 2. The molecule has 36 heavy (non-hydrogen) atoms. The molecule has 1 heterocycles. The van der Waals surface area contributed by atoms with Crippen molar-refractivity contribution in [3.63, 3.8) is 0 Å². The fraction of sp³-hybridized carbons (Fsp3) is 0.276. The van der Waals surface area contributed by atoms with Crippen LogP contribution in [0.1, 0.15) is 61.1 Å². The quantitative estimate of drug-likeness (QED) is 0.246. The molecular formula is C29H27NO4S2. The molecule has 0 saturated heterocycles. The zero-order valence-electron chi connectivity index (χ0n) is 19.8. The number of hydrogen-bond donors (Lipinski definition) is 1. The molecule has 0 atom stereocenters. The molecule has 7 heteroatoms. The largest absolute Gasteiger partial charge is 0.481 e. The molecule has 5 rings (SSSR count). The summed E-state index contributed by atoms with van der Waals surface area (Å²) in [6.45, 7) is 0. The third-order valence-corrected chi connectivity index (χ3v) is 8.69. The first-order valence-electron chi connectivity index (χ1n) is 12.2. The second-order valence-corrected chi connectivity index (χ2v) is 11.2. The monoisotopic (exact) mass is 517 g/mol. The minimum atomic E-state index is -1.48. The van der Waals surface area contributed by atoms with E-state index in [0.29, 0.717) is 21.4 Å². The Bertz CT molecular complexity index is 1310. The first kappa shape index (κ1) is 24.5. The number of carbonyl (C=O) groups excluding carboxylic acids is 1. The summed E-state index contributed by atoms with van der Waals surface area (Å²) in [5.74, 6) is -1.11. The average Bonchev–Trinajstić information content (AvgIpc) is 3.34. The number of fused-ring (bicyclic) bond motifs is 1. The molecule has 1 fully saturated rings. The van der Waals surface area contributed by atoms with Crippen molar-refractivity contribution in [1.82, 2.24) is 4.98 Å². The number of carboxylic acid groups (broad SMARTS) is 1. The third kappa shape index (κ3) is 5.04. The molecule has 1 saturated carbocycles. The van der Waals surface area contributed by atoms with E-state index in [4.69, 9.17) is 4.18 Å². The Morgan fingerprint density at radius 2 is 1.58 bits per heavy atom. The molecule has 0 aliphatic heterocycles. The maximum Gasteiger partial charge on any atom is 0.334 e. The van der Waals surface area contributed by atoms with Crippen molar-refractivity contribution in [2.24, 2.45) is 0 Å². The summed E-state index contributed by atoms with van der Waals surface area (Å²) in [6.07, 6.45) is 5.92. The fourth-order valence-corrected chi connectivity index (χ4v) is 6.82. The molecule has 0 amide bonds. The molecule has 5 nitrogen and oxygen atoms in total. The van der Waals surface area contributed by atoms with Crippen molar-refractivity contribution in [2.75, 3.05) is 0 Å². The van der Waals surface area contributed by atoms with Crippen LogP contribution in [0.4, 0.5) is 0 Å². The Morgan fingerprint density at radius 1 is 0.944 bits per heavy atom. The summed E-state index contributed by atoms with van der Waals surface area (Å²) >= 11 is 2.40. The predicted molar refractivity (Wildman–Crippen MR) is 143 cm³/mol. The van der Waals surface area contributed by atoms with E-state index >= 15 is 0 Å². The third-order valence-electron chi connectivity index (χ3n) is 6.96. The van der Waals surface area contributed by atoms with Crippen LogP contribution in [0.5, 0.6) is 0 Å². The van der Waals surface area contributed by atoms with Crippen LogP contribution in [0.3, 0.4) is 0 Å². The van der Waals surface area contributed by atoms with Gasteiger partial charge in [0.25, 0.3) is 0 Å². The summed E-state index contributed by atoms with van der Waals surface area (Å²) in [7, 11) is 0. The standard InChI is InChI=1S/C29H27NO4S2/c31-26(32)19-29(22-12-6-2-7-13-22,23-14-8-3-9-15-23)27(33)34-36-28-30-24-17-16-21(18-25(24)35-28)20-10-4-1-5-11-20/h2-3,6-9,12-18,20H,1,4-5,10-11,19H2,(H,31,32). The lowest BCUT2D eigenvalue weighted by atomic mass is 9.72. The van der Waals surface area contributed by atoms with Crippen molar-refractivity contribution in [2.45, 2.75) is 54.2 Å². The van der Waals surface area contributed by atoms with Gasteiger partial charge in [-0.05, 0) is 47.6 Å². The molecule has 4 aromatic rings. The van der Waals surface area contributed by atoms with Crippen molar-refractivity contribution < 1.29 is 18.9 Å². The lowest BCUT2D eigenvalue weighted by Gasteiger charge is -2.30. The van der Waals surface area contributed by atoms with E-state index < -0.39 is 23.8 Å². The zero-order valence-corrected chi connectivity index (χ0v) is 21.4. The van der Waals surface area contributed by atoms with Gasteiger partial charge in [0.15, 0.2) is 4.34 Å². The Labute approximate surface area is 218 Å². The van der Waals surface area contributed by atoms with Gasteiger partial charge < -0.3 is 9.29 Å². The van der Waals surface area contributed by atoms with E-state index in [1.807, 2.05) is 18.2 Å². The Kier molecular flexibility index (Phi) is 7.39. The zero-order chi connectivity index (χ0) is 25.0. The predicted octanol–water partition coefficient (Wildman–Crippen LogP) is 7.36. The van der Waals surface area contributed by atoms with Crippen LogP contribution in [-0.4, -0.2) is 22.0 Å². The highest BCUT2D eigenvalue weighted by molar-refractivity contribution is 7.97. The van der Waals surface area contributed by atoms with Gasteiger partial charge in [0.1, 0.15) is 17.5 Å². The van der Waals surface area contributed by atoms with Gasteiger partial charge in [-0.25, -0.2) is 9.78 Å². The Balaban J connectivity index is 1.43. The molecule has 1 aromatic heterocycles. The number of aliphatic carboxylic acids is 1. The van der Waals surface area contributed by atoms with Gasteiger partial charge in [0.2, 0.25) is 0 Å². The van der Waals surface area contributed by atoms with Gasteiger partial charge in [0, 0.05) is 0 Å². The van der Waals surface area contributed by atoms with Gasteiger partial charge in [-0.15, -0.1) is 11.3 Å². The Hall–Kier alpha value is -3.16.